The Labute approximate surface area is 144 Å². The lowest BCUT2D eigenvalue weighted by Crippen LogP contribution is -2.26. The van der Waals surface area contributed by atoms with E-state index in [0.717, 1.165) is 5.56 Å². The fraction of sp³-hybridized carbons (Fsp3) is 0.188. The average Bonchev–Trinajstić information content (AvgIpc) is 2.56. The standard InChI is InChI=1S/C16H16ClFN2O3S/c1-19-24(22,23)13-6-7-15(17)14(10-13)16(21)20-9-8-11-2-4-12(18)5-3-11/h2-7,10,19H,8-9H2,1H3,(H,20,21). The lowest BCUT2D eigenvalue weighted by atomic mass is 10.1. The molecular formula is C16H16ClFN2O3S. The normalized spacial score (nSPS) is 11.3. The number of hydrogen-bond donors (Lipinski definition) is 2. The van der Waals surface area contributed by atoms with E-state index in [1.54, 1.807) is 12.1 Å². The first-order valence-corrected chi connectivity index (χ1v) is 8.95. The molecule has 0 fully saturated rings. The van der Waals surface area contributed by atoms with Crippen LogP contribution in [0.1, 0.15) is 15.9 Å². The molecule has 0 aliphatic rings. The van der Waals surface area contributed by atoms with Gasteiger partial charge in [0, 0.05) is 6.54 Å². The summed E-state index contributed by atoms with van der Waals surface area (Å²) in [6.07, 6.45) is 0.512. The van der Waals surface area contributed by atoms with E-state index in [-0.39, 0.29) is 21.3 Å². The van der Waals surface area contributed by atoms with E-state index in [9.17, 15) is 17.6 Å². The summed E-state index contributed by atoms with van der Waals surface area (Å²) in [5.41, 5.74) is 0.946. The molecule has 0 unspecified atom stereocenters. The molecular weight excluding hydrogens is 355 g/mol. The van der Waals surface area contributed by atoms with Gasteiger partial charge < -0.3 is 5.32 Å². The smallest absolute Gasteiger partial charge is 0.252 e. The van der Waals surface area contributed by atoms with Crippen LogP contribution in [-0.4, -0.2) is 27.9 Å². The monoisotopic (exact) mass is 370 g/mol. The maximum atomic E-state index is 12.8. The van der Waals surface area contributed by atoms with E-state index in [0.29, 0.717) is 13.0 Å². The number of carbonyl (C=O) groups excluding carboxylic acids is 1. The molecule has 2 N–H and O–H groups in total. The summed E-state index contributed by atoms with van der Waals surface area (Å²) in [6.45, 7) is 0.309. The van der Waals surface area contributed by atoms with Crippen molar-refractivity contribution in [3.05, 3.63) is 64.4 Å². The second-order valence-electron chi connectivity index (χ2n) is 4.98. The Bertz CT molecular complexity index is 839. The Hall–Kier alpha value is -1.96. The van der Waals surface area contributed by atoms with Crippen LogP contribution in [0.4, 0.5) is 4.39 Å². The zero-order valence-electron chi connectivity index (χ0n) is 12.8. The minimum Gasteiger partial charge on any atom is -0.352 e. The molecule has 0 aliphatic heterocycles. The first kappa shape index (κ1) is 18.4. The summed E-state index contributed by atoms with van der Waals surface area (Å²) in [7, 11) is -2.38. The zero-order valence-corrected chi connectivity index (χ0v) is 14.4. The third-order valence-corrected chi connectivity index (χ3v) is 5.12. The molecule has 0 aliphatic carbocycles. The van der Waals surface area contributed by atoms with Gasteiger partial charge >= 0.3 is 0 Å². The van der Waals surface area contributed by atoms with Gasteiger partial charge in [-0.05, 0) is 49.4 Å². The van der Waals surface area contributed by atoms with Crippen molar-refractivity contribution in [1.82, 2.24) is 10.0 Å². The number of carbonyl (C=O) groups is 1. The SMILES string of the molecule is CNS(=O)(=O)c1ccc(Cl)c(C(=O)NCCc2ccc(F)cc2)c1. The number of benzene rings is 2. The Morgan fingerprint density at radius 2 is 1.83 bits per heavy atom. The molecule has 24 heavy (non-hydrogen) atoms. The van der Waals surface area contributed by atoms with Gasteiger partial charge in [0.25, 0.3) is 5.91 Å². The van der Waals surface area contributed by atoms with Crippen molar-refractivity contribution < 1.29 is 17.6 Å². The topological polar surface area (TPSA) is 75.3 Å². The first-order valence-electron chi connectivity index (χ1n) is 7.09. The van der Waals surface area contributed by atoms with Crippen LogP contribution >= 0.6 is 11.6 Å². The molecule has 0 atom stereocenters. The summed E-state index contributed by atoms with van der Waals surface area (Å²) in [6, 6.07) is 9.87. The van der Waals surface area contributed by atoms with Crippen LogP contribution < -0.4 is 10.0 Å². The van der Waals surface area contributed by atoms with Crippen LogP contribution in [0.2, 0.25) is 5.02 Å². The molecule has 0 saturated heterocycles. The third-order valence-electron chi connectivity index (χ3n) is 3.37. The van der Waals surface area contributed by atoms with E-state index < -0.39 is 15.9 Å². The van der Waals surface area contributed by atoms with Crippen molar-refractivity contribution in [2.75, 3.05) is 13.6 Å². The highest BCUT2D eigenvalue weighted by Gasteiger charge is 2.17. The van der Waals surface area contributed by atoms with Crippen molar-refractivity contribution >= 4 is 27.5 Å². The lowest BCUT2D eigenvalue weighted by molar-refractivity contribution is 0.0954. The Kier molecular flexibility index (Phi) is 5.93. The van der Waals surface area contributed by atoms with Crippen molar-refractivity contribution in [2.45, 2.75) is 11.3 Å². The number of nitrogens with one attached hydrogen (secondary N) is 2. The van der Waals surface area contributed by atoms with Gasteiger partial charge in [-0.1, -0.05) is 23.7 Å². The van der Waals surface area contributed by atoms with Crippen LogP contribution in [0.5, 0.6) is 0 Å². The predicted molar refractivity (Wildman–Crippen MR) is 90.1 cm³/mol. The summed E-state index contributed by atoms with van der Waals surface area (Å²) in [4.78, 5) is 12.2. The average molecular weight is 371 g/mol. The molecule has 2 aromatic carbocycles. The summed E-state index contributed by atoms with van der Waals surface area (Å²) in [5.74, 6) is -0.799. The second-order valence-corrected chi connectivity index (χ2v) is 7.28. The van der Waals surface area contributed by atoms with E-state index >= 15 is 0 Å². The van der Waals surface area contributed by atoms with Gasteiger partial charge in [0.05, 0.1) is 15.5 Å². The van der Waals surface area contributed by atoms with Crippen molar-refractivity contribution in [2.24, 2.45) is 0 Å². The van der Waals surface area contributed by atoms with Crippen LogP contribution in [0.25, 0.3) is 0 Å². The van der Waals surface area contributed by atoms with Crippen LogP contribution in [0.15, 0.2) is 47.4 Å². The van der Waals surface area contributed by atoms with Crippen molar-refractivity contribution in [3.63, 3.8) is 0 Å². The molecule has 0 radical (unpaired) electrons. The molecule has 128 valence electrons. The zero-order chi connectivity index (χ0) is 17.7. The fourth-order valence-corrected chi connectivity index (χ4v) is 2.99. The Morgan fingerprint density at radius 1 is 1.17 bits per heavy atom. The molecule has 0 heterocycles. The first-order chi connectivity index (χ1) is 11.3. The predicted octanol–water partition coefficient (Wildman–Crippen LogP) is 2.36. The molecule has 8 heteroatoms. The van der Waals surface area contributed by atoms with Crippen LogP contribution in [0, 0.1) is 5.82 Å². The second kappa shape index (κ2) is 7.74. The Morgan fingerprint density at radius 3 is 2.46 bits per heavy atom. The van der Waals surface area contributed by atoms with Crippen molar-refractivity contribution in [3.8, 4) is 0 Å². The maximum absolute atomic E-state index is 12.8. The van der Waals surface area contributed by atoms with Gasteiger partial charge in [-0.25, -0.2) is 17.5 Å². The van der Waals surface area contributed by atoms with Gasteiger partial charge in [-0.15, -0.1) is 0 Å². The molecule has 0 aromatic heterocycles. The highest BCUT2D eigenvalue weighted by atomic mass is 35.5. The number of hydrogen-bond acceptors (Lipinski definition) is 3. The molecule has 0 saturated carbocycles. The number of sulfonamides is 1. The highest BCUT2D eigenvalue weighted by molar-refractivity contribution is 7.89. The maximum Gasteiger partial charge on any atom is 0.252 e. The van der Waals surface area contributed by atoms with E-state index in [1.165, 1.54) is 37.4 Å². The van der Waals surface area contributed by atoms with Crippen LogP contribution in [0.3, 0.4) is 0 Å². The van der Waals surface area contributed by atoms with Gasteiger partial charge in [0.15, 0.2) is 0 Å². The molecule has 2 aromatic rings. The van der Waals surface area contributed by atoms with E-state index in [4.69, 9.17) is 11.6 Å². The lowest BCUT2D eigenvalue weighted by Gasteiger charge is -2.09. The fourth-order valence-electron chi connectivity index (χ4n) is 2.03. The number of amides is 1. The van der Waals surface area contributed by atoms with Gasteiger partial charge in [-0.2, -0.15) is 0 Å². The molecule has 0 spiro atoms. The van der Waals surface area contributed by atoms with Gasteiger partial charge in [0.2, 0.25) is 10.0 Å². The molecule has 5 nitrogen and oxygen atoms in total. The van der Waals surface area contributed by atoms with E-state index in [2.05, 4.69) is 10.0 Å². The van der Waals surface area contributed by atoms with Gasteiger partial charge in [0.1, 0.15) is 5.82 Å². The minimum absolute atomic E-state index is 0.0434. The molecule has 1 amide bonds. The van der Waals surface area contributed by atoms with Crippen LogP contribution in [-0.2, 0) is 16.4 Å². The third kappa shape index (κ3) is 4.53. The van der Waals surface area contributed by atoms with Gasteiger partial charge in [-0.3, -0.25) is 4.79 Å². The number of halogens is 2. The minimum atomic E-state index is -3.66. The van der Waals surface area contributed by atoms with Crippen molar-refractivity contribution in [1.29, 1.82) is 0 Å². The quantitative estimate of drug-likeness (QED) is 0.819. The molecule has 2 rings (SSSR count). The summed E-state index contributed by atoms with van der Waals surface area (Å²) in [5, 5.41) is 2.82. The summed E-state index contributed by atoms with van der Waals surface area (Å²) < 4.78 is 38.6. The van der Waals surface area contributed by atoms with E-state index in [1.807, 2.05) is 0 Å². The molecule has 0 bridgehead atoms. The highest BCUT2D eigenvalue weighted by Crippen LogP contribution is 2.20. The Balaban J connectivity index is 2.06. The number of rotatable bonds is 6. The summed E-state index contributed by atoms with van der Waals surface area (Å²) >= 11 is 5.98. The largest absolute Gasteiger partial charge is 0.352 e.